The van der Waals surface area contributed by atoms with Crippen LogP contribution in [-0.2, 0) is 9.53 Å². The molecule has 0 spiro atoms. The van der Waals surface area contributed by atoms with Crippen molar-refractivity contribution < 1.29 is 19.8 Å². The van der Waals surface area contributed by atoms with Gasteiger partial charge in [0.25, 0.3) is 6.47 Å². The monoisotopic (exact) mass is 417 g/mol. The van der Waals surface area contributed by atoms with E-state index in [0.29, 0.717) is 30.0 Å². The first-order valence-electron chi connectivity index (χ1n) is 10.2. The number of allylic oxidation sites excluding steroid dienone is 2. The van der Waals surface area contributed by atoms with Crippen molar-refractivity contribution in [3.8, 4) is 0 Å². The molecule has 29 heavy (non-hydrogen) atoms. The molecule has 2 aliphatic heterocycles. The molecule has 3 unspecified atom stereocenters. The summed E-state index contributed by atoms with van der Waals surface area (Å²) in [7, 11) is 2.19. The SMILES string of the molecule is CCOC=O.CN1CCC(C2c3ccc(Cl)cc3C=CC3=CC=C[NH+](O)C32)CC1. The van der Waals surface area contributed by atoms with Gasteiger partial charge >= 0.3 is 0 Å². The maximum Gasteiger partial charge on any atom is 0.293 e. The molecule has 0 aromatic heterocycles. The molecule has 1 aromatic rings. The molecule has 4 rings (SSSR count). The summed E-state index contributed by atoms with van der Waals surface area (Å²) in [6.07, 6.45) is 12.6. The third-order valence-corrected chi connectivity index (χ3v) is 6.20. The number of halogens is 1. The van der Waals surface area contributed by atoms with Crippen molar-refractivity contribution in [2.24, 2.45) is 5.92 Å². The van der Waals surface area contributed by atoms with Gasteiger partial charge in [-0.15, -0.1) is 0 Å². The van der Waals surface area contributed by atoms with E-state index in [2.05, 4.69) is 47.0 Å². The van der Waals surface area contributed by atoms with Gasteiger partial charge in [-0.25, -0.2) is 5.21 Å². The predicted molar refractivity (Wildman–Crippen MR) is 115 cm³/mol. The third-order valence-electron chi connectivity index (χ3n) is 5.96. The van der Waals surface area contributed by atoms with E-state index in [4.69, 9.17) is 11.6 Å². The van der Waals surface area contributed by atoms with Gasteiger partial charge in [-0.3, -0.25) is 4.79 Å². The Labute approximate surface area is 177 Å². The maximum absolute atomic E-state index is 10.7. The highest BCUT2D eigenvalue weighted by molar-refractivity contribution is 6.30. The standard InChI is InChI=1S/C20H23ClN2O.C3H6O2/c1-22-11-8-14(9-12-22)19-18-7-6-17(21)13-16(18)5-4-15-3-2-10-23(24)20(15)19;1-2-5-3-4/h2-7,10,13-14,19-20,24H,8-9,11-12H2,1H3;3H,2H2,1H3/p+1. The second kappa shape index (κ2) is 10.2. The van der Waals surface area contributed by atoms with Crippen LogP contribution >= 0.6 is 11.6 Å². The van der Waals surface area contributed by atoms with Gasteiger partial charge in [0, 0.05) is 16.5 Å². The number of likely N-dealkylation sites (tertiary alicyclic amines) is 1. The minimum Gasteiger partial charge on any atom is -0.468 e. The van der Waals surface area contributed by atoms with E-state index in [1.54, 1.807) is 6.92 Å². The van der Waals surface area contributed by atoms with Crippen LogP contribution in [0.4, 0.5) is 0 Å². The van der Waals surface area contributed by atoms with Crippen LogP contribution in [0.2, 0.25) is 5.02 Å². The first-order chi connectivity index (χ1) is 14.0. The number of fused-ring (bicyclic) bond motifs is 2. The molecule has 6 heteroatoms. The summed E-state index contributed by atoms with van der Waals surface area (Å²) < 4.78 is 4.15. The van der Waals surface area contributed by atoms with E-state index in [0.717, 1.165) is 18.1 Å². The molecule has 1 saturated heterocycles. The van der Waals surface area contributed by atoms with Crippen molar-refractivity contribution in [2.75, 3.05) is 26.7 Å². The highest BCUT2D eigenvalue weighted by Gasteiger charge is 2.42. The molecule has 1 fully saturated rings. The average Bonchev–Trinajstić information content (AvgIpc) is 2.87. The number of hydroxylamine groups is 2. The highest BCUT2D eigenvalue weighted by Crippen LogP contribution is 2.41. The number of quaternary nitrogens is 1. The van der Waals surface area contributed by atoms with Gasteiger partial charge in [0.1, 0.15) is 6.20 Å². The van der Waals surface area contributed by atoms with Crippen molar-refractivity contribution in [1.82, 2.24) is 4.90 Å². The predicted octanol–water partition coefficient (Wildman–Crippen LogP) is 3.07. The first-order valence-corrected chi connectivity index (χ1v) is 10.6. The number of carbonyl (C=O) groups excluding carboxylic acids is 1. The lowest BCUT2D eigenvalue weighted by molar-refractivity contribution is -1.06. The number of rotatable bonds is 3. The third kappa shape index (κ3) is 5.17. The normalized spacial score (nSPS) is 26.3. The van der Waals surface area contributed by atoms with Crippen molar-refractivity contribution in [3.63, 3.8) is 0 Å². The van der Waals surface area contributed by atoms with Crippen molar-refractivity contribution >= 4 is 24.1 Å². The van der Waals surface area contributed by atoms with E-state index in [1.165, 1.54) is 29.5 Å². The molecule has 0 bridgehead atoms. The van der Waals surface area contributed by atoms with Gasteiger partial charge in [-0.2, -0.15) is 5.06 Å². The fourth-order valence-corrected chi connectivity index (χ4v) is 4.71. The van der Waals surface area contributed by atoms with Crippen LogP contribution in [-0.4, -0.2) is 49.4 Å². The summed E-state index contributed by atoms with van der Waals surface area (Å²) in [6.45, 7) is 4.91. The van der Waals surface area contributed by atoms with Crippen molar-refractivity contribution in [1.29, 1.82) is 0 Å². The number of hydrogen-bond acceptors (Lipinski definition) is 4. The Balaban J connectivity index is 0.000000431. The summed E-state index contributed by atoms with van der Waals surface area (Å²) >= 11 is 6.24. The lowest BCUT2D eigenvalue weighted by atomic mass is 9.73. The number of piperidine rings is 1. The fourth-order valence-electron chi connectivity index (χ4n) is 4.53. The lowest BCUT2D eigenvalue weighted by Crippen LogP contribution is -3.10. The second-order valence-electron chi connectivity index (χ2n) is 7.75. The number of ether oxygens (including phenoxy) is 1. The van der Waals surface area contributed by atoms with E-state index in [-0.39, 0.29) is 6.04 Å². The number of benzene rings is 1. The summed E-state index contributed by atoms with van der Waals surface area (Å²) in [5.41, 5.74) is 3.71. The second-order valence-corrected chi connectivity index (χ2v) is 8.19. The summed E-state index contributed by atoms with van der Waals surface area (Å²) in [4.78, 5) is 11.6. The van der Waals surface area contributed by atoms with Crippen molar-refractivity contribution in [3.05, 3.63) is 64.3 Å². The molecule has 3 atom stereocenters. The summed E-state index contributed by atoms with van der Waals surface area (Å²) in [6, 6.07) is 6.26. The van der Waals surface area contributed by atoms with Crippen molar-refractivity contribution in [2.45, 2.75) is 31.7 Å². The van der Waals surface area contributed by atoms with Crippen LogP contribution < -0.4 is 5.06 Å². The topological polar surface area (TPSA) is 54.2 Å². The molecule has 0 saturated carbocycles. The van der Waals surface area contributed by atoms with E-state index in [1.807, 2.05) is 18.3 Å². The van der Waals surface area contributed by atoms with Gasteiger partial charge in [-0.1, -0.05) is 29.8 Å². The molecule has 0 radical (unpaired) electrons. The Hall–Kier alpha value is -1.92. The number of nitrogens with one attached hydrogen (secondary N) is 1. The lowest BCUT2D eigenvalue weighted by Gasteiger charge is -2.39. The molecule has 156 valence electrons. The molecule has 1 aromatic carbocycles. The molecule has 5 nitrogen and oxygen atoms in total. The molecule has 0 amide bonds. The van der Waals surface area contributed by atoms with Crippen LogP contribution in [0.5, 0.6) is 0 Å². The highest BCUT2D eigenvalue weighted by atomic mass is 35.5. The van der Waals surface area contributed by atoms with Gasteiger partial charge < -0.3 is 9.64 Å². The fraction of sp³-hybridized carbons (Fsp3) is 0.435. The summed E-state index contributed by atoms with van der Waals surface area (Å²) in [5.74, 6) is 0.875. The maximum atomic E-state index is 10.7. The molecular weight excluding hydrogens is 388 g/mol. The Kier molecular flexibility index (Phi) is 7.67. The van der Waals surface area contributed by atoms with E-state index in [9.17, 15) is 10.0 Å². The largest absolute Gasteiger partial charge is 0.468 e. The molecule has 2 N–H and O–H groups in total. The molecule has 2 heterocycles. The number of hydrogen-bond donors (Lipinski definition) is 2. The van der Waals surface area contributed by atoms with Gasteiger partial charge in [-0.05, 0) is 81.2 Å². The Morgan fingerprint density at radius 2 is 2.07 bits per heavy atom. The first kappa shape index (κ1) is 21.8. The summed E-state index contributed by atoms with van der Waals surface area (Å²) in [5, 5.41) is 11.9. The van der Waals surface area contributed by atoms with E-state index < -0.39 is 0 Å². The smallest absolute Gasteiger partial charge is 0.293 e. The minimum atomic E-state index is 0.0575. The number of carbonyl (C=O) groups is 1. The quantitative estimate of drug-likeness (QED) is 0.742. The number of nitrogens with zero attached hydrogens (tertiary/aromatic N) is 1. The zero-order valence-corrected chi connectivity index (χ0v) is 17.8. The van der Waals surface area contributed by atoms with Gasteiger partial charge in [0.15, 0.2) is 6.04 Å². The Morgan fingerprint density at radius 3 is 2.72 bits per heavy atom. The van der Waals surface area contributed by atoms with Crippen LogP contribution in [0.1, 0.15) is 36.8 Å². The van der Waals surface area contributed by atoms with Crippen LogP contribution in [0.3, 0.4) is 0 Å². The zero-order chi connectivity index (χ0) is 20.8. The van der Waals surface area contributed by atoms with E-state index >= 15 is 0 Å². The van der Waals surface area contributed by atoms with Gasteiger partial charge in [0.2, 0.25) is 0 Å². The minimum absolute atomic E-state index is 0.0575. The molecule has 3 aliphatic rings. The molecular formula is C23H30ClN2O3+. The Morgan fingerprint density at radius 1 is 1.31 bits per heavy atom. The van der Waals surface area contributed by atoms with Gasteiger partial charge in [0.05, 0.1) is 6.61 Å². The van der Waals surface area contributed by atoms with Crippen LogP contribution in [0.15, 0.2) is 48.2 Å². The van der Waals surface area contributed by atoms with Crippen LogP contribution in [0, 0.1) is 5.92 Å². The zero-order valence-electron chi connectivity index (χ0n) is 17.1. The Bertz CT molecular complexity index is 797. The molecule has 1 aliphatic carbocycles. The van der Waals surface area contributed by atoms with Crippen LogP contribution in [0.25, 0.3) is 6.08 Å². The average molecular weight is 418 g/mol.